The van der Waals surface area contributed by atoms with Gasteiger partial charge in [0, 0.05) is 17.3 Å². The van der Waals surface area contributed by atoms with Gasteiger partial charge in [-0.05, 0) is 93.3 Å². The Hall–Kier alpha value is -1.51. The van der Waals surface area contributed by atoms with Crippen molar-refractivity contribution in [3.8, 4) is 0 Å². The molecule has 0 radical (unpaired) electrons. The van der Waals surface area contributed by atoms with Crippen LogP contribution in [0.25, 0.3) is 0 Å². The molecular weight excluding hydrogens is 1030 g/mol. The highest BCUT2D eigenvalue weighted by atomic mass is 16.8. The molecule has 0 unspecified atom stereocenters. The second-order valence-corrected chi connectivity index (χ2v) is 25.7. The van der Waals surface area contributed by atoms with Gasteiger partial charge in [0.1, 0.15) is 103 Å². The predicted molar refractivity (Wildman–Crippen MR) is 267 cm³/mol. The SMILES string of the molecule is C[C@@H](CC[C@H](O[C@H]1O[C@@H](CO)[C@H](O)[C@@H](O)[C@@H]1O[C@@H]1O[C@H](CO)[C@@H](O)[C@H](O)[C@H]1O)C(C)(C)O)[C@@H]1CC[C@]2(C)[C@H]3CC=C4[C@H](CC[C@@H](O[C@H]5O[C@@H](CO[C@H]6O[C@@H](CO)[C@H](O)[C@@H](O)[C@@H]6O)[C@H](O)[C@@H](O)[C@@H]5O)C4(C)C)[C@@]3(C)C(=O)C[C@@]12C. The van der Waals surface area contributed by atoms with E-state index < -0.39 is 183 Å². The van der Waals surface area contributed by atoms with Crippen molar-refractivity contribution in [2.75, 3.05) is 26.4 Å². The molecule has 0 aromatic carbocycles. The fourth-order valence-corrected chi connectivity index (χ4v) is 15.3. The molecule has 450 valence electrons. The number of aliphatic hydroxyl groups excluding tert-OH is 14. The largest absolute Gasteiger partial charge is 0.394 e. The third kappa shape index (κ3) is 10.9. The lowest BCUT2D eigenvalue weighted by Gasteiger charge is -2.65. The quantitative estimate of drug-likeness (QED) is 0.0645. The Morgan fingerprint density at radius 1 is 0.615 bits per heavy atom. The summed E-state index contributed by atoms with van der Waals surface area (Å²) in [7, 11) is 0. The molecule has 4 saturated heterocycles. The number of ketones is 1. The number of aliphatic hydroxyl groups is 15. The molecule has 0 spiro atoms. The highest BCUT2D eigenvalue weighted by Crippen LogP contribution is 2.74. The first-order valence-corrected chi connectivity index (χ1v) is 27.9. The maximum atomic E-state index is 15.2. The third-order valence-electron chi connectivity index (χ3n) is 20.5. The molecule has 0 aromatic heterocycles. The monoisotopic (exact) mass is 1120 g/mol. The van der Waals surface area contributed by atoms with Crippen molar-refractivity contribution < 1.29 is 119 Å². The molecule has 4 heterocycles. The van der Waals surface area contributed by atoms with Crippen LogP contribution < -0.4 is 0 Å². The van der Waals surface area contributed by atoms with Gasteiger partial charge in [-0.1, -0.05) is 53.2 Å². The zero-order chi connectivity index (χ0) is 57.5. The number of carbonyl (C=O) groups is 1. The maximum absolute atomic E-state index is 15.2. The molecule has 0 amide bonds. The van der Waals surface area contributed by atoms with Crippen LogP contribution in [0.15, 0.2) is 11.6 Å². The van der Waals surface area contributed by atoms with Crippen LogP contribution in [0.1, 0.15) is 107 Å². The number of ether oxygens (including phenoxy) is 8. The third-order valence-corrected chi connectivity index (χ3v) is 20.5. The van der Waals surface area contributed by atoms with Crippen LogP contribution in [0.3, 0.4) is 0 Å². The van der Waals surface area contributed by atoms with Gasteiger partial charge in [-0.15, -0.1) is 0 Å². The average Bonchev–Trinajstić information content (AvgIpc) is 2.93. The van der Waals surface area contributed by atoms with Crippen LogP contribution >= 0.6 is 0 Å². The van der Waals surface area contributed by atoms with Crippen molar-refractivity contribution in [3.05, 3.63) is 11.6 Å². The Bertz CT molecular complexity index is 2070. The minimum absolute atomic E-state index is 0.00515. The van der Waals surface area contributed by atoms with Crippen LogP contribution in [0.2, 0.25) is 0 Å². The molecule has 4 aliphatic carbocycles. The highest BCUT2D eigenvalue weighted by Gasteiger charge is 2.71. The van der Waals surface area contributed by atoms with Crippen molar-refractivity contribution in [1.29, 1.82) is 0 Å². The Labute approximate surface area is 454 Å². The molecule has 78 heavy (non-hydrogen) atoms. The number of rotatable bonds is 17. The van der Waals surface area contributed by atoms with E-state index in [9.17, 15) is 76.6 Å². The van der Waals surface area contributed by atoms with Gasteiger partial charge in [0.05, 0.1) is 44.2 Å². The molecule has 29 atom stereocenters. The number of allylic oxidation sites excluding steroid dienone is 1. The van der Waals surface area contributed by atoms with E-state index in [2.05, 4.69) is 33.8 Å². The second-order valence-electron chi connectivity index (χ2n) is 25.7. The van der Waals surface area contributed by atoms with E-state index in [1.165, 1.54) is 0 Å². The summed E-state index contributed by atoms with van der Waals surface area (Å²) in [6, 6.07) is 0. The summed E-state index contributed by atoms with van der Waals surface area (Å²) in [5.74, 6) is 0.115. The van der Waals surface area contributed by atoms with Crippen molar-refractivity contribution in [1.82, 2.24) is 0 Å². The summed E-state index contributed by atoms with van der Waals surface area (Å²) in [5.41, 5.74) is -2.59. The van der Waals surface area contributed by atoms with E-state index in [1.807, 2.05) is 13.8 Å². The zero-order valence-corrected chi connectivity index (χ0v) is 46.0. The van der Waals surface area contributed by atoms with Crippen LogP contribution in [0, 0.1) is 45.3 Å². The smallest absolute Gasteiger partial charge is 0.187 e. The van der Waals surface area contributed by atoms with Crippen LogP contribution in [0.5, 0.6) is 0 Å². The van der Waals surface area contributed by atoms with Gasteiger partial charge in [-0.2, -0.15) is 0 Å². The minimum Gasteiger partial charge on any atom is -0.394 e. The van der Waals surface area contributed by atoms with Crippen LogP contribution in [0.4, 0.5) is 0 Å². The second kappa shape index (κ2) is 23.5. The van der Waals surface area contributed by atoms with Gasteiger partial charge < -0.3 is 114 Å². The molecule has 24 nitrogen and oxygen atoms in total. The fraction of sp³-hybridized carbons (Fsp3) is 0.944. The first-order valence-electron chi connectivity index (χ1n) is 27.9. The summed E-state index contributed by atoms with van der Waals surface area (Å²) in [5, 5.41) is 159. The van der Waals surface area contributed by atoms with Crippen molar-refractivity contribution in [2.24, 2.45) is 45.3 Å². The molecule has 4 aliphatic heterocycles. The lowest BCUT2D eigenvalue weighted by molar-refractivity contribution is -0.375. The number of fused-ring (bicyclic) bond motifs is 5. The normalized spacial score (nSPS) is 50.5. The van der Waals surface area contributed by atoms with E-state index >= 15 is 4.79 Å². The predicted octanol–water partition coefficient (Wildman–Crippen LogP) is -3.02. The Balaban J connectivity index is 0.941. The van der Waals surface area contributed by atoms with E-state index in [0.717, 1.165) is 18.4 Å². The molecule has 15 N–H and O–H groups in total. The van der Waals surface area contributed by atoms with Gasteiger partial charge in [0.25, 0.3) is 0 Å². The molecule has 24 heteroatoms. The highest BCUT2D eigenvalue weighted by molar-refractivity contribution is 5.88. The molecule has 0 aromatic rings. The maximum Gasteiger partial charge on any atom is 0.187 e. The minimum atomic E-state index is -1.86. The summed E-state index contributed by atoms with van der Waals surface area (Å²) >= 11 is 0. The van der Waals surface area contributed by atoms with Gasteiger partial charge in [-0.25, -0.2) is 0 Å². The Morgan fingerprint density at radius 3 is 1.68 bits per heavy atom. The molecule has 0 bridgehead atoms. The lowest BCUT2D eigenvalue weighted by Crippen LogP contribution is -2.65. The number of hydrogen-bond donors (Lipinski definition) is 15. The Kier molecular flexibility index (Phi) is 18.8. The number of carbonyl (C=O) groups excluding carboxylic acids is 1. The van der Waals surface area contributed by atoms with Crippen molar-refractivity contribution in [3.63, 3.8) is 0 Å². The molecular formula is C54H90O24. The van der Waals surface area contributed by atoms with Gasteiger partial charge in [-0.3, -0.25) is 4.79 Å². The molecule has 8 aliphatic rings. The first kappa shape index (κ1) is 62.5. The number of Topliss-reactive ketones (excluding diaryl/α,β-unsaturated/α-hetero) is 1. The topological polar surface area (TPSA) is 394 Å². The average molecular weight is 1120 g/mol. The van der Waals surface area contributed by atoms with Gasteiger partial charge in [0.2, 0.25) is 0 Å². The van der Waals surface area contributed by atoms with E-state index in [-0.39, 0.29) is 41.3 Å². The van der Waals surface area contributed by atoms with Crippen LogP contribution in [-0.4, -0.2) is 249 Å². The van der Waals surface area contributed by atoms with Gasteiger partial charge in [0.15, 0.2) is 25.2 Å². The summed E-state index contributed by atoms with van der Waals surface area (Å²) in [6.07, 6.45) is -26.9. The standard InChI is InChI=1S/C54H90O24/c1-22(9-13-33(51(4,5)70)77-49-45(41(66)36(61)28(20-57)74-49)78-48-44(69)39(64)35(60)27(19-56)73-48)23-15-16-52(6)30-12-10-24-25(54(30,8)31(58)17-53(23,52)7)11-14-32(50(24,2)3)76-47-43(68)40(65)37(62)29(75-47)21-71-46-42(67)38(63)34(59)26(18-55)72-46/h10,22-23,25-30,32-49,55-57,59-70H,9,11-21H2,1-8H3/t22-,23-,25-,26-,27+,28-,29-,30+,32+,33-,34-,35+,36-,37-,38+,39-,40+,41+,42-,43-,44+,45-,46-,47+,48-,49+,52+,53-,54+/m0/s1. The van der Waals surface area contributed by atoms with Crippen LogP contribution in [-0.2, 0) is 42.7 Å². The fourth-order valence-electron chi connectivity index (χ4n) is 15.3. The molecule has 7 fully saturated rings. The van der Waals surface area contributed by atoms with E-state index in [4.69, 9.17) is 37.9 Å². The summed E-state index contributed by atoms with van der Waals surface area (Å²) < 4.78 is 47.4. The summed E-state index contributed by atoms with van der Waals surface area (Å²) in [6.45, 7) is 13.3. The van der Waals surface area contributed by atoms with E-state index in [1.54, 1.807) is 13.8 Å². The Morgan fingerprint density at radius 2 is 1.12 bits per heavy atom. The lowest BCUT2D eigenvalue weighted by atomic mass is 9.38. The molecule has 8 rings (SSSR count). The van der Waals surface area contributed by atoms with Crippen molar-refractivity contribution >= 4 is 5.78 Å². The zero-order valence-electron chi connectivity index (χ0n) is 46.0. The first-order chi connectivity index (χ1) is 36.4. The van der Waals surface area contributed by atoms with Crippen molar-refractivity contribution in [2.45, 2.75) is 247 Å². The molecule has 3 saturated carbocycles. The van der Waals surface area contributed by atoms with Gasteiger partial charge >= 0.3 is 0 Å². The number of hydrogen-bond acceptors (Lipinski definition) is 24. The van der Waals surface area contributed by atoms with E-state index in [0.29, 0.717) is 32.1 Å². The summed E-state index contributed by atoms with van der Waals surface area (Å²) in [4.78, 5) is 15.2.